The molecular formula is C12H14Cl2N2O2. The molecule has 1 rings (SSSR count). The largest absolute Gasteiger partial charge is 0.369 e. The maximum absolute atomic E-state index is 12.2. The fourth-order valence-electron chi connectivity index (χ4n) is 1.50. The zero-order valence-corrected chi connectivity index (χ0v) is 11.6. The van der Waals surface area contributed by atoms with E-state index in [2.05, 4.69) is 0 Å². The van der Waals surface area contributed by atoms with Crippen molar-refractivity contribution >= 4 is 34.9 Å². The number of ketones is 1. The Hall–Kier alpha value is -1.10. The van der Waals surface area contributed by atoms with Crippen LogP contribution in [0.5, 0.6) is 0 Å². The molecule has 0 heterocycles. The van der Waals surface area contributed by atoms with Crippen LogP contribution in [-0.2, 0) is 4.79 Å². The number of halogens is 2. The molecule has 1 unspecified atom stereocenters. The van der Waals surface area contributed by atoms with Crippen molar-refractivity contribution in [3.63, 3.8) is 0 Å². The number of rotatable bonds is 5. The molecule has 0 fully saturated rings. The van der Waals surface area contributed by atoms with E-state index in [-0.39, 0.29) is 12.3 Å². The Morgan fingerprint density at radius 2 is 2.00 bits per heavy atom. The number of nitrogens with two attached hydrogens (primary N) is 1. The normalized spacial score (nSPS) is 12.5. The maximum atomic E-state index is 12.2. The first-order chi connectivity index (χ1) is 8.32. The van der Waals surface area contributed by atoms with Crippen LogP contribution < -0.4 is 5.73 Å². The van der Waals surface area contributed by atoms with Crippen LogP contribution in [0.15, 0.2) is 18.2 Å². The molecule has 4 nitrogen and oxygen atoms in total. The van der Waals surface area contributed by atoms with Gasteiger partial charge in [-0.25, -0.2) is 0 Å². The van der Waals surface area contributed by atoms with Crippen LogP contribution in [-0.4, -0.2) is 36.2 Å². The molecule has 0 aromatic heterocycles. The lowest BCUT2D eigenvalue weighted by atomic mass is 10.0. The zero-order valence-electron chi connectivity index (χ0n) is 10.1. The molecule has 18 heavy (non-hydrogen) atoms. The van der Waals surface area contributed by atoms with Gasteiger partial charge in [0.2, 0.25) is 5.91 Å². The molecule has 0 saturated carbocycles. The number of amides is 1. The lowest BCUT2D eigenvalue weighted by Gasteiger charge is -2.22. The van der Waals surface area contributed by atoms with Crippen molar-refractivity contribution in [3.05, 3.63) is 33.8 Å². The first-order valence-electron chi connectivity index (χ1n) is 5.30. The van der Waals surface area contributed by atoms with Crippen molar-refractivity contribution in [1.82, 2.24) is 4.90 Å². The van der Waals surface area contributed by atoms with Crippen LogP contribution in [0, 0.1) is 0 Å². The number of hydrogen-bond acceptors (Lipinski definition) is 3. The van der Waals surface area contributed by atoms with Gasteiger partial charge in [-0.05, 0) is 32.2 Å². The summed E-state index contributed by atoms with van der Waals surface area (Å²) in [7, 11) is 1.65. The lowest BCUT2D eigenvalue weighted by Crippen LogP contribution is -2.41. The first kappa shape index (κ1) is 15.0. The average Bonchev–Trinajstić information content (AvgIpc) is 2.26. The van der Waals surface area contributed by atoms with Crippen LogP contribution in [0.1, 0.15) is 17.3 Å². The number of Topliss-reactive ketones (excluding diaryl/α,β-unsaturated/α-hetero) is 1. The van der Waals surface area contributed by atoms with Crippen molar-refractivity contribution in [2.45, 2.75) is 13.0 Å². The maximum Gasteiger partial charge on any atom is 0.231 e. The van der Waals surface area contributed by atoms with E-state index in [0.29, 0.717) is 15.6 Å². The monoisotopic (exact) mass is 288 g/mol. The molecule has 0 radical (unpaired) electrons. The number of nitrogens with zero attached hydrogens (tertiary/aromatic N) is 1. The Balaban J connectivity index is 2.89. The molecule has 0 aliphatic heterocycles. The van der Waals surface area contributed by atoms with Gasteiger partial charge in [-0.2, -0.15) is 0 Å². The lowest BCUT2D eigenvalue weighted by molar-refractivity contribution is -0.119. The van der Waals surface area contributed by atoms with Crippen molar-refractivity contribution in [2.75, 3.05) is 13.6 Å². The highest BCUT2D eigenvalue weighted by Crippen LogP contribution is 2.22. The Kier molecular flexibility index (Phi) is 5.14. The molecule has 0 saturated heterocycles. The third-order valence-electron chi connectivity index (χ3n) is 2.64. The summed E-state index contributed by atoms with van der Waals surface area (Å²) in [5, 5.41) is 0.765. The van der Waals surface area contributed by atoms with Crippen LogP contribution in [0.2, 0.25) is 10.0 Å². The second-order valence-electron chi connectivity index (χ2n) is 4.05. The van der Waals surface area contributed by atoms with Gasteiger partial charge in [0.25, 0.3) is 0 Å². The van der Waals surface area contributed by atoms with Gasteiger partial charge in [0.1, 0.15) is 0 Å². The molecule has 0 bridgehead atoms. The molecule has 1 aromatic carbocycles. The molecular weight excluding hydrogens is 275 g/mol. The van der Waals surface area contributed by atoms with Crippen molar-refractivity contribution in [1.29, 1.82) is 0 Å². The van der Waals surface area contributed by atoms with E-state index in [0.717, 1.165) is 0 Å². The summed E-state index contributed by atoms with van der Waals surface area (Å²) < 4.78 is 0. The van der Waals surface area contributed by atoms with Gasteiger partial charge in [-0.15, -0.1) is 0 Å². The Labute approximate surface area is 116 Å². The Morgan fingerprint density at radius 3 is 2.50 bits per heavy atom. The van der Waals surface area contributed by atoms with Crippen LogP contribution in [0.25, 0.3) is 0 Å². The summed E-state index contributed by atoms with van der Waals surface area (Å²) in [5.41, 5.74) is 5.46. The quantitative estimate of drug-likeness (QED) is 0.843. The predicted octanol–water partition coefficient (Wildman–Crippen LogP) is 1.98. The summed E-state index contributed by atoms with van der Waals surface area (Å²) in [5.74, 6) is -0.667. The van der Waals surface area contributed by atoms with Gasteiger partial charge in [-0.1, -0.05) is 23.2 Å². The SMILES string of the molecule is CC(C(=O)c1ccc(Cl)cc1Cl)N(C)CC(N)=O. The van der Waals surface area contributed by atoms with E-state index in [1.54, 1.807) is 31.0 Å². The Morgan fingerprint density at radius 1 is 1.39 bits per heavy atom. The summed E-state index contributed by atoms with van der Waals surface area (Å²) in [4.78, 5) is 24.6. The van der Waals surface area contributed by atoms with Gasteiger partial charge in [0.15, 0.2) is 5.78 Å². The van der Waals surface area contributed by atoms with E-state index >= 15 is 0 Å². The third kappa shape index (κ3) is 3.70. The van der Waals surface area contributed by atoms with Gasteiger partial charge in [0.05, 0.1) is 17.6 Å². The summed E-state index contributed by atoms with van der Waals surface area (Å²) in [6.07, 6.45) is 0. The fourth-order valence-corrected chi connectivity index (χ4v) is 2.00. The molecule has 1 amide bonds. The van der Waals surface area contributed by atoms with Crippen LogP contribution in [0.3, 0.4) is 0 Å². The summed E-state index contributed by atoms with van der Waals surface area (Å²) >= 11 is 11.7. The summed E-state index contributed by atoms with van der Waals surface area (Å²) in [6.45, 7) is 1.70. The second kappa shape index (κ2) is 6.18. The molecule has 0 spiro atoms. The minimum Gasteiger partial charge on any atom is -0.369 e. The van der Waals surface area contributed by atoms with Crippen LogP contribution in [0.4, 0.5) is 0 Å². The number of carbonyl (C=O) groups excluding carboxylic acids is 2. The van der Waals surface area contributed by atoms with Gasteiger partial charge >= 0.3 is 0 Å². The van der Waals surface area contributed by atoms with Crippen molar-refractivity contribution in [2.24, 2.45) is 5.73 Å². The highest BCUT2D eigenvalue weighted by atomic mass is 35.5. The van der Waals surface area contributed by atoms with Crippen LogP contribution >= 0.6 is 23.2 Å². The molecule has 0 aliphatic rings. The standard InChI is InChI=1S/C12H14Cl2N2O2/c1-7(16(2)6-11(15)17)12(18)9-4-3-8(13)5-10(9)14/h3-5,7H,6H2,1-2H3,(H2,15,17). The number of likely N-dealkylation sites (N-methyl/N-ethyl adjacent to an activating group) is 1. The van der Waals surface area contributed by atoms with E-state index < -0.39 is 11.9 Å². The Bertz CT molecular complexity index is 477. The fraction of sp³-hybridized carbons (Fsp3) is 0.333. The van der Waals surface area contributed by atoms with Crippen molar-refractivity contribution in [3.8, 4) is 0 Å². The summed E-state index contributed by atoms with van der Waals surface area (Å²) in [6, 6.07) is 4.19. The van der Waals surface area contributed by atoms with Crippen molar-refractivity contribution < 1.29 is 9.59 Å². The van der Waals surface area contributed by atoms with E-state index in [9.17, 15) is 9.59 Å². The first-order valence-corrected chi connectivity index (χ1v) is 6.06. The molecule has 2 N–H and O–H groups in total. The number of carbonyl (C=O) groups is 2. The van der Waals surface area contributed by atoms with Gasteiger partial charge < -0.3 is 5.73 Å². The minimum atomic E-state index is -0.490. The smallest absolute Gasteiger partial charge is 0.231 e. The third-order valence-corrected chi connectivity index (χ3v) is 3.19. The molecule has 0 aliphatic carbocycles. The van der Waals surface area contributed by atoms with E-state index in [4.69, 9.17) is 28.9 Å². The zero-order chi connectivity index (χ0) is 13.9. The second-order valence-corrected chi connectivity index (χ2v) is 4.89. The number of primary amides is 1. The predicted molar refractivity (Wildman–Crippen MR) is 72.1 cm³/mol. The highest BCUT2D eigenvalue weighted by Gasteiger charge is 2.22. The van der Waals surface area contributed by atoms with Gasteiger partial charge in [-0.3, -0.25) is 14.5 Å². The number of benzene rings is 1. The minimum absolute atomic E-state index is 0.0120. The highest BCUT2D eigenvalue weighted by molar-refractivity contribution is 6.37. The molecule has 98 valence electrons. The molecule has 1 aromatic rings. The molecule has 1 atom stereocenters. The average molecular weight is 289 g/mol. The number of hydrogen-bond donors (Lipinski definition) is 1. The van der Waals surface area contributed by atoms with E-state index in [1.807, 2.05) is 0 Å². The topological polar surface area (TPSA) is 63.4 Å². The molecule has 6 heteroatoms. The van der Waals surface area contributed by atoms with Gasteiger partial charge in [0, 0.05) is 10.6 Å². The van der Waals surface area contributed by atoms with E-state index in [1.165, 1.54) is 6.07 Å².